The molecule has 0 unspecified atom stereocenters. The number of esters is 1. The normalized spacial score (nSPS) is 11.5. The van der Waals surface area contributed by atoms with Crippen LogP contribution in [-0.2, 0) is 20.7 Å². The third-order valence-electron chi connectivity index (χ3n) is 2.27. The summed E-state index contributed by atoms with van der Waals surface area (Å²) in [6, 6.07) is 1.80. The molecular weight excluding hydrogens is 310 g/mol. The minimum atomic E-state index is -0.330. The van der Waals surface area contributed by atoms with Crippen LogP contribution in [0.4, 0.5) is 0 Å². The zero-order valence-corrected chi connectivity index (χ0v) is 13.3. The summed E-state index contributed by atoms with van der Waals surface area (Å²) in [6.45, 7) is 3.59. The van der Waals surface area contributed by atoms with E-state index < -0.39 is 0 Å². The van der Waals surface area contributed by atoms with E-state index in [1.165, 1.54) is 30.0 Å². The predicted molar refractivity (Wildman–Crippen MR) is 80.7 cm³/mol. The Hall–Kier alpha value is -1.85. The fraction of sp³-hybridized carbons (Fsp3) is 0.385. The molecule has 0 amide bonds. The van der Waals surface area contributed by atoms with E-state index in [9.17, 15) is 9.59 Å². The number of rotatable bonds is 7. The summed E-state index contributed by atoms with van der Waals surface area (Å²) in [5, 5.41) is 10.6. The van der Waals surface area contributed by atoms with Gasteiger partial charge in [0.25, 0.3) is 0 Å². The summed E-state index contributed by atoms with van der Waals surface area (Å²) < 4.78 is 5.50. The summed E-state index contributed by atoms with van der Waals surface area (Å²) in [4.78, 5) is 27.3. The smallest absolute Gasteiger partial charge is 0.311 e. The molecule has 0 spiro atoms. The maximum Gasteiger partial charge on any atom is 0.311 e. The van der Waals surface area contributed by atoms with Gasteiger partial charge in [-0.3, -0.25) is 9.59 Å². The van der Waals surface area contributed by atoms with Crippen molar-refractivity contribution < 1.29 is 14.3 Å². The monoisotopic (exact) mass is 325 g/mol. The quantitative estimate of drug-likeness (QED) is 0.352. The minimum Gasteiger partial charge on any atom is -0.466 e. The number of ether oxygens (including phenoxy) is 1. The number of nitriles is 1. The summed E-state index contributed by atoms with van der Waals surface area (Å²) >= 11 is 2.56. The van der Waals surface area contributed by atoms with Crippen molar-refractivity contribution >= 4 is 34.9 Å². The molecule has 0 aliphatic heterocycles. The van der Waals surface area contributed by atoms with Crippen molar-refractivity contribution in [3.05, 3.63) is 22.3 Å². The van der Waals surface area contributed by atoms with E-state index in [1.54, 1.807) is 18.4 Å². The molecule has 2 N–H and O–H groups in total. The lowest BCUT2D eigenvalue weighted by Crippen LogP contribution is -2.10. The molecule has 0 fully saturated rings. The maximum absolute atomic E-state index is 11.8. The van der Waals surface area contributed by atoms with E-state index in [2.05, 4.69) is 4.98 Å². The van der Waals surface area contributed by atoms with Crippen LogP contribution in [0.2, 0.25) is 0 Å². The lowest BCUT2D eigenvalue weighted by Gasteiger charge is -1.99. The van der Waals surface area contributed by atoms with Gasteiger partial charge in [-0.05, 0) is 13.8 Å². The highest BCUT2D eigenvalue weighted by Crippen LogP contribution is 2.24. The Balaban J connectivity index is 2.56. The molecule has 0 aromatic carbocycles. The highest BCUT2D eigenvalue weighted by atomic mass is 32.2. The van der Waals surface area contributed by atoms with Crippen molar-refractivity contribution in [2.24, 2.45) is 5.73 Å². The molecular formula is C13H15N3O3S2. The van der Waals surface area contributed by atoms with Gasteiger partial charge in [0.2, 0.25) is 0 Å². The molecule has 0 radical (unpaired) electrons. The average molecular weight is 325 g/mol. The number of hydrogen-bond acceptors (Lipinski definition) is 8. The van der Waals surface area contributed by atoms with E-state index in [4.69, 9.17) is 15.7 Å². The van der Waals surface area contributed by atoms with E-state index >= 15 is 0 Å². The van der Waals surface area contributed by atoms with Crippen molar-refractivity contribution in [1.29, 1.82) is 5.26 Å². The van der Waals surface area contributed by atoms with E-state index in [0.29, 0.717) is 16.6 Å². The van der Waals surface area contributed by atoms with Gasteiger partial charge in [-0.2, -0.15) is 5.26 Å². The van der Waals surface area contributed by atoms with Gasteiger partial charge < -0.3 is 10.5 Å². The molecule has 0 atom stereocenters. The number of nitrogens with zero attached hydrogens (tertiary/aromatic N) is 2. The van der Waals surface area contributed by atoms with Crippen LogP contribution >= 0.6 is 23.1 Å². The number of thioether (sulfide) groups is 1. The number of Topliss-reactive ketones (excluding diaryl/α,β-unsaturated/α-hetero) is 1. The first-order valence-corrected chi connectivity index (χ1v) is 7.96. The molecule has 1 rings (SSSR count). The lowest BCUT2D eigenvalue weighted by molar-refractivity contribution is -0.142. The van der Waals surface area contributed by atoms with E-state index in [0.717, 1.165) is 0 Å². The first-order valence-electron chi connectivity index (χ1n) is 6.10. The molecule has 0 saturated carbocycles. The standard InChI is InChI=1S/C13H15N3O3S2/c1-3-19-12(18)4-9-6-20-13(16-9)21-7-11(17)10(5-14)8(2)15/h6H,3-4,7,15H2,1-2H3/b10-8+. The molecule has 6 nitrogen and oxygen atoms in total. The number of thiazole rings is 1. The van der Waals surface area contributed by atoms with Crippen molar-refractivity contribution in [1.82, 2.24) is 4.98 Å². The van der Waals surface area contributed by atoms with Gasteiger partial charge in [0.05, 0.1) is 24.5 Å². The first kappa shape index (κ1) is 17.2. The summed E-state index contributed by atoms with van der Waals surface area (Å²) in [6.07, 6.45) is 0.115. The van der Waals surface area contributed by atoms with Crippen molar-refractivity contribution in [2.75, 3.05) is 12.4 Å². The number of hydrogen-bond donors (Lipinski definition) is 1. The third kappa shape index (κ3) is 5.57. The second-order valence-electron chi connectivity index (χ2n) is 3.97. The van der Waals surface area contributed by atoms with Gasteiger partial charge >= 0.3 is 5.97 Å². The molecule has 0 aliphatic carbocycles. The molecule has 1 aromatic heterocycles. The zero-order valence-electron chi connectivity index (χ0n) is 11.7. The van der Waals surface area contributed by atoms with Crippen molar-refractivity contribution in [3.8, 4) is 6.07 Å². The Morgan fingerprint density at radius 3 is 2.86 bits per heavy atom. The SMILES string of the molecule is CCOC(=O)Cc1csc(SCC(=O)/C(C#N)=C(\C)N)n1. The molecule has 21 heavy (non-hydrogen) atoms. The summed E-state index contributed by atoms with van der Waals surface area (Å²) in [7, 11) is 0. The third-order valence-corrected chi connectivity index (χ3v) is 4.34. The van der Waals surface area contributed by atoms with Gasteiger partial charge in [0.15, 0.2) is 10.1 Å². The lowest BCUT2D eigenvalue weighted by atomic mass is 10.2. The number of nitrogens with two attached hydrogens (primary N) is 1. The van der Waals surface area contributed by atoms with Gasteiger partial charge in [0, 0.05) is 11.1 Å². The van der Waals surface area contributed by atoms with Crippen LogP contribution in [0, 0.1) is 11.3 Å². The highest BCUT2D eigenvalue weighted by Gasteiger charge is 2.14. The Labute approximate surface area is 131 Å². The fourth-order valence-corrected chi connectivity index (χ4v) is 3.08. The Kier molecular flexibility index (Phi) is 6.91. The average Bonchev–Trinajstić information content (AvgIpc) is 2.84. The topological polar surface area (TPSA) is 106 Å². The molecule has 112 valence electrons. The predicted octanol–water partition coefficient (Wildman–Crippen LogP) is 1.67. The van der Waals surface area contributed by atoms with E-state index in [-0.39, 0.29) is 35.2 Å². The van der Waals surface area contributed by atoms with Crippen LogP contribution < -0.4 is 5.73 Å². The Morgan fingerprint density at radius 2 is 2.29 bits per heavy atom. The van der Waals surface area contributed by atoms with Gasteiger partial charge in [0.1, 0.15) is 11.6 Å². The molecule has 1 aromatic rings. The Morgan fingerprint density at radius 1 is 1.57 bits per heavy atom. The Bertz CT molecular complexity index is 598. The second kappa shape index (κ2) is 8.44. The largest absolute Gasteiger partial charge is 0.466 e. The number of carbonyl (C=O) groups is 2. The summed E-state index contributed by atoms with van der Waals surface area (Å²) in [5.74, 6) is -0.572. The van der Waals surface area contributed by atoms with Crippen LogP contribution in [0.15, 0.2) is 21.0 Å². The molecule has 0 saturated heterocycles. The zero-order chi connectivity index (χ0) is 15.8. The van der Waals surface area contributed by atoms with Crippen molar-refractivity contribution in [3.63, 3.8) is 0 Å². The first-order chi connectivity index (χ1) is 9.97. The number of carbonyl (C=O) groups excluding carboxylic acids is 2. The van der Waals surface area contributed by atoms with Crippen LogP contribution in [0.25, 0.3) is 0 Å². The number of allylic oxidation sites excluding steroid dienone is 2. The number of aromatic nitrogens is 1. The van der Waals surface area contributed by atoms with Gasteiger partial charge in [-0.15, -0.1) is 11.3 Å². The molecule has 1 heterocycles. The minimum absolute atomic E-state index is 0.0224. The molecule has 8 heteroatoms. The molecule has 0 bridgehead atoms. The fourth-order valence-electron chi connectivity index (χ4n) is 1.37. The van der Waals surface area contributed by atoms with Crippen molar-refractivity contribution in [2.45, 2.75) is 24.6 Å². The van der Waals surface area contributed by atoms with E-state index in [1.807, 2.05) is 0 Å². The van der Waals surface area contributed by atoms with Gasteiger partial charge in [-0.25, -0.2) is 4.98 Å². The highest BCUT2D eigenvalue weighted by molar-refractivity contribution is 8.01. The van der Waals surface area contributed by atoms with Gasteiger partial charge in [-0.1, -0.05) is 11.8 Å². The summed E-state index contributed by atoms with van der Waals surface area (Å²) in [5.41, 5.74) is 6.27. The van der Waals surface area contributed by atoms with Crippen LogP contribution in [0.3, 0.4) is 0 Å². The molecule has 0 aliphatic rings. The maximum atomic E-state index is 11.8. The number of ketones is 1. The van der Waals surface area contributed by atoms with Crippen LogP contribution in [0.5, 0.6) is 0 Å². The van der Waals surface area contributed by atoms with Crippen LogP contribution in [0.1, 0.15) is 19.5 Å². The second-order valence-corrected chi connectivity index (χ2v) is 6.05. The van der Waals surface area contributed by atoms with Crippen LogP contribution in [-0.4, -0.2) is 29.1 Å².